The molecule has 1 aliphatic rings. The van der Waals surface area contributed by atoms with Gasteiger partial charge in [0.05, 0.1) is 0 Å². The van der Waals surface area contributed by atoms with Gasteiger partial charge in [-0.2, -0.15) is 0 Å². The molecule has 2 aromatic rings. The molecular weight excluding hydrogens is 362 g/mol. The Labute approximate surface area is 161 Å². The maximum Gasteiger partial charge on any atom is 0.269 e. The van der Waals surface area contributed by atoms with E-state index in [1.54, 1.807) is 12.3 Å². The van der Waals surface area contributed by atoms with Gasteiger partial charge < -0.3 is 10.6 Å². The largest absolute Gasteiger partial charge is 0.354 e. The van der Waals surface area contributed by atoms with E-state index in [9.17, 15) is 13.8 Å². The van der Waals surface area contributed by atoms with Gasteiger partial charge in [0.1, 0.15) is 5.69 Å². The highest BCUT2D eigenvalue weighted by atomic mass is 32.2. The first-order chi connectivity index (χ1) is 13.0. The minimum atomic E-state index is -0.855. The SMILES string of the molecule is CNC(=O)c1cc(C(=O)NC2CC(S(C)=O)C2)cc(Cc2ccccc2)n1. The summed E-state index contributed by atoms with van der Waals surface area (Å²) < 4.78 is 11.4. The maximum atomic E-state index is 12.6. The van der Waals surface area contributed by atoms with Crippen molar-refractivity contribution in [1.82, 2.24) is 15.6 Å². The quantitative estimate of drug-likeness (QED) is 0.792. The van der Waals surface area contributed by atoms with Crippen molar-refractivity contribution < 1.29 is 13.8 Å². The van der Waals surface area contributed by atoms with Crippen LogP contribution in [0.4, 0.5) is 0 Å². The first-order valence-corrected chi connectivity index (χ1v) is 10.5. The molecule has 2 amide bonds. The van der Waals surface area contributed by atoms with Gasteiger partial charge in [-0.3, -0.25) is 13.8 Å². The van der Waals surface area contributed by atoms with Gasteiger partial charge in [0.25, 0.3) is 11.8 Å². The van der Waals surface area contributed by atoms with Gasteiger partial charge >= 0.3 is 0 Å². The van der Waals surface area contributed by atoms with E-state index in [1.165, 1.54) is 13.1 Å². The van der Waals surface area contributed by atoms with E-state index in [2.05, 4.69) is 15.6 Å². The highest BCUT2D eigenvalue weighted by molar-refractivity contribution is 7.84. The van der Waals surface area contributed by atoms with Crippen LogP contribution in [0, 0.1) is 0 Å². The monoisotopic (exact) mass is 385 g/mol. The molecule has 2 N–H and O–H groups in total. The summed E-state index contributed by atoms with van der Waals surface area (Å²) in [5, 5.41) is 5.67. The Morgan fingerprint density at radius 3 is 2.48 bits per heavy atom. The number of hydrogen-bond acceptors (Lipinski definition) is 4. The molecule has 1 aromatic heterocycles. The van der Waals surface area contributed by atoms with Gasteiger partial charge in [-0.1, -0.05) is 30.3 Å². The number of aromatic nitrogens is 1. The van der Waals surface area contributed by atoms with Crippen LogP contribution in [-0.2, 0) is 17.2 Å². The second-order valence-electron chi connectivity index (χ2n) is 6.74. The summed E-state index contributed by atoms with van der Waals surface area (Å²) >= 11 is 0. The molecule has 0 radical (unpaired) electrons. The van der Waals surface area contributed by atoms with Gasteiger partial charge in [-0.25, -0.2) is 4.98 Å². The predicted octanol–water partition coefficient (Wildman–Crippen LogP) is 1.67. The molecule has 1 unspecified atom stereocenters. The fourth-order valence-electron chi connectivity index (χ4n) is 3.08. The number of amides is 2. The van der Waals surface area contributed by atoms with Crippen LogP contribution in [0.15, 0.2) is 42.5 Å². The average Bonchev–Trinajstić information content (AvgIpc) is 2.63. The van der Waals surface area contributed by atoms with E-state index in [-0.39, 0.29) is 28.8 Å². The van der Waals surface area contributed by atoms with Crippen molar-refractivity contribution in [3.8, 4) is 0 Å². The number of hydrogen-bond donors (Lipinski definition) is 2. The summed E-state index contributed by atoms with van der Waals surface area (Å²) in [5.41, 5.74) is 2.35. The van der Waals surface area contributed by atoms with Gasteiger partial charge in [-0.05, 0) is 30.5 Å². The van der Waals surface area contributed by atoms with Crippen molar-refractivity contribution in [3.63, 3.8) is 0 Å². The molecule has 1 aliphatic carbocycles. The van der Waals surface area contributed by atoms with E-state index in [0.29, 0.717) is 17.7 Å². The molecule has 0 spiro atoms. The van der Waals surface area contributed by atoms with Crippen LogP contribution in [0.2, 0.25) is 0 Å². The van der Waals surface area contributed by atoms with Crippen LogP contribution in [0.3, 0.4) is 0 Å². The summed E-state index contributed by atoms with van der Waals surface area (Å²) in [6.07, 6.45) is 3.67. The number of pyridine rings is 1. The lowest BCUT2D eigenvalue weighted by Crippen LogP contribution is -2.48. The molecule has 1 fully saturated rings. The first-order valence-electron chi connectivity index (χ1n) is 8.86. The molecular formula is C20H23N3O3S. The van der Waals surface area contributed by atoms with Gasteiger partial charge in [0, 0.05) is 53.1 Å². The van der Waals surface area contributed by atoms with Crippen LogP contribution in [-0.4, -0.2) is 45.6 Å². The minimum Gasteiger partial charge on any atom is -0.354 e. The molecule has 1 atom stereocenters. The molecule has 6 nitrogen and oxygen atoms in total. The topological polar surface area (TPSA) is 88.2 Å². The zero-order chi connectivity index (χ0) is 19.4. The summed E-state index contributed by atoms with van der Waals surface area (Å²) in [5.74, 6) is -0.564. The zero-order valence-electron chi connectivity index (χ0n) is 15.4. The molecule has 3 rings (SSSR count). The van der Waals surface area contributed by atoms with E-state index in [0.717, 1.165) is 18.4 Å². The summed E-state index contributed by atoms with van der Waals surface area (Å²) in [6.45, 7) is 0. The second kappa shape index (κ2) is 8.43. The van der Waals surface area contributed by atoms with Crippen molar-refractivity contribution in [1.29, 1.82) is 0 Å². The van der Waals surface area contributed by atoms with Crippen LogP contribution >= 0.6 is 0 Å². The Balaban J connectivity index is 1.78. The van der Waals surface area contributed by atoms with Crippen molar-refractivity contribution in [3.05, 3.63) is 65.0 Å². The summed E-state index contributed by atoms with van der Waals surface area (Å²) in [6, 6.07) is 13.0. The standard InChI is InChI=1S/C20H23N3O3S/c1-21-20(25)18-10-14(19(24)23-16-11-17(12-16)27(2)26)9-15(22-18)8-13-6-4-3-5-7-13/h3-7,9-10,16-17H,8,11-12H2,1-2H3,(H,21,25)(H,23,24). The van der Waals surface area contributed by atoms with Crippen molar-refractivity contribution in [2.24, 2.45) is 0 Å². The lowest BCUT2D eigenvalue weighted by molar-refractivity contribution is 0.0918. The number of carbonyl (C=O) groups excluding carboxylic acids is 2. The van der Waals surface area contributed by atoms with Gasteiger partial charge in [0.15, 0.2) is 0 Å². The molecule has 27 heavy (non-hydrogen) atoms. The Morgan fingerprint density at radius 1 is 1.15 bits per heavy atom. The second-order valence-corrected chi connectivity index (χ2v) is 8.40. The van der Waals surface area contributed by atoms with Crippen molar-refractivity contribution in [2.45, 2.75) is 30.6 Å². The third-order valence-corrected chi connectivity index (χ3v) is 6.05. The smallest absolute Gasteiger partial charge is 0.269 e. The van der Waals surface area contributed by atoms with Gasteiger partial charge in [-0.15, -0.1) is 0 Å². The lowest BCUT2D eigenvalue weighted by Gasteiger charge is -2.34. The number of benzene rings is 1. The Morgan fingerprint density at radius 2 is 1.85 bits per heavy atom. The Kier molecular flexibility index (Phi) is 6.01. The molecule has 1 aromatic carbocycles. The fourth-order valence-corrected chi connectivity index (χ4v) is 4.09. The molecule has 142 valence electrons. The van der Waals surface area contributed by atoms with Crippen LogP contribution in [0.5, 0.6) is 0 Å². The van der Waals surface area contributed by atoms with E-state index in [4.69, 9.17) is 0 Å². The third-order valence-electron chi connectivity index (χ3n) is 4.73. The lowest BCUT2D eigenvalue weighted by atomic mass is 9.92. The van der Waals surface area contributed by atoms with E-state index in [1.807, 2.05) is 30.3 Å². The van der Waals surface area contributed by atoms with Crippen molar-refractivity contribution in [2.75, 3.05) is 13.3 Å². The van der Waals surface area contributed by atoms with Crippen LogP contribution in [0.1, 0.15) is 44.9 Å². The fraction of sp³-hybridized carbons (Fsp3) is 0.350. The molecule has 0 aliphatic heterocycles. The molecule has 7 heteroatoms. The highest BCUT2D eigenvalue weighted by Gasteiger charge is 2.33. The van der Waals surface area contributed by atoms with Crippen molar-refractivity contribution >= 4 is 22.6 Å². The van der Waals surface area contributed by atoms with Gasteiger partial charge in [0.2, 0.25) is 0 Å². The van der Waals surface area contributed by atoms with E-state index < -0.39 is 10.8 Å². The summed E-state index contributed by atoms with van der Waals surface area (Å²) in [7, 11) is 0.680. The minimum absolute atomic E-state index is 0.0283. The third kappa shape index (κ3) is 4.80. The number of rotatable bonds is 6. The van der Waals surface area contributed by atoms with E-state index >= 15 is 0 Å². The van der Waals surface area contributed by atoms with Crippen LogP contribution < -0.4 is 10.6 Å². The Hall–Kier alpha value is -2.54. The molecule has 1 heterocycles. The zero-order valence-corrected chi connectivity index (χ0v) is 16.2. The molecule has 0 saturated heterocycles. The predicted molar refractivity (Wildman–Crippen MR) is 105 cm³/mol. The highest BCUT2D eigenvalue weighted by Crippen LogP contribution is 2.25. The number of nitrogens with zero attached hydrogens (tertiary/aromatic N) is 1. The number of carbonyl (C=O) groups is 2. The Bertz CT molecular complexity index is 864. The number of nitrogens with one attached hydrogen (secondary N) is 2. The molecule has 0 bridgehead atoms. The summed E-state index contributed by atoms with van der Waals surface area (Å²) in [4.78, 5) is 29.1. The van der Waals surface area contributed by atoms with Crippen LogP contribution in [0.25, 0.3) is 0 Å². The normalized spacial score (nSPS) is 19.6. The molecule has 1 saturated carbocycles. The first kappa shape index (κ1) is 19.2. The maximum absolute atomic E-state index is 12.6. The average molecular weight is 385 g/mol.